The van der Waals surface area contributed by atoms with Gasteiger partial charge in [-0.3, -0.25) is 9.88 Å². The van der Waals surface area contributed by atoms with E-state index in [1.807, 2.05) is 6.08 Å². The van der Waals surface area contributed by atoms with Crippen LogP contribution in [0, 0.1) is 6.92 Å². The number of nitrogens with zero attached hydrogens (tertiary/aromatic N) is 2. The Balaban J connectivity index is 0.00000200. The Morgan fingerprint density at radius 3 is 2.57 bits per heavy atom. The van der Waals surface area contributed by atoms with Crippen LogP contribution in [0.3, 0.4) is 0 Å². The van der Waals surface area contributed by atoms with Crippen molar-refractivity contribution in [3.63, 3.8) is 0 Å². The molecule has 0 unspecified atom stereocenters. The highest BCUT2D eigenvalue weighted by molar-refractivity contribution is 5.85. The molecule has 1 aliphatic heterocycles. The van der Waals surface area contributed by atoms with Crippen molar-refractivity contribution >= 4 is 24.8 Å². The highest BCUT2D eigenvalue weighted by atomic mass is 35.5. The summed E-state index contributed by atoms with van der Waals surface area (Å²) in [6.45, 7) is 9.14. The van der Waals surface area contributed by atoms with Crippen molar-refractivity contribution in [3.05, 3.63) is 35.7 Å². The monoisotopic (exact) mass is 335 g/mol. The fourth-order valence-electron chi connectivity index (χ4n) is 2.52. The summed E-state index contributed by atoms with van der Waals surface area (Å²) >= 11 is 0. The topological polar surface area (TPSA) is 68.6 Å². The smallest absolute Gasteiger partial charge is 0.142 e. The second kappa shape index (κ2) is 9.23. The molecule has 5 nitrogen and oxygen atoms in total. The van der Waals surface area contributed by atoms with Crippen molar-refractivity contribution < 1.29 is 10.2 Å². The van der Waals surface area contributed by atoms with Gasteiger partial charge in [0.05, 0.1) is 18.3 Å². The third kappa shape index (κ3) is 4.31. The molecule has 1 saturated heterocycles. The van der Waals surface area contributed by atoms with Gasteiger partial charge in [0.1, 0.15) is 5.75 Å². The Bertz CT molecular complexity index is 466. The van der Waals surface area contributed by atoms with Crippen molar-refractivity contribution in [3.8, 4) is 5.75 Å². The summed E-state index contributed by atoms with van der Waals surface area (Å²) in [4.78, 5) is 6.34. The number of hydrogen-bond acceptors (Lipinski definition) is 5. The summed E-state index contributed by atoms with van der Waals surface area (Å²) in [7, 11) is 0. The van der Waals surface area contributed by atoms with Crippen LogP contribution >= 0.6 is 24.8 Å². The van der Waals surface area contributed by atoms with E-state index in [0.717, 1.165) is 31.7 Å². The Morgan fingerprint density at radius 1 is 1.43 bits per heavy atom. The summed E-state index contributed by atoms with van der Waals surface area (Å²) in [6.07, 6.45) is 3.45. The number of aromatic nitrogens is 1. The lowest BCUT2D eigenvalue weighted by atomic mass is 9.98. The minimum Gasteiger partial charge on any atom is -0.506 e. The van der Waals surface area contributed by atoms with E-state index < -0.39 is 0 Å². The minimum absolute atomic E-state index is 0. The summed E-state index contributed by atoms with van der Waals surface area (Å²) in [5, 5.41) is 23.0. The van der Waals surface area contributed by atoms with Gasteiger partial charge >= 0.3 is 0 Å². The molecule has 0 amide bonds. The van der Waals surface area contributed by atoms with Crippen LogP contribution in [0.2, 0.25) is 0 Å². The van der Waals surface area contributed by atoms with Gasteiger partial charge in [0.15, 0.2) is 0 Å². The molecule has 1 fully saturated rings. The number of aryl methyl sites for hydroxylation is 1. The van der Waals surface area contributed by atoms with E-state index in [1.165, 1.54) is 0 Å². The molecule has 1 aromatic rings. The number of aliphatic hydroxyl groups excluding tert-OH is 1. The number of hydrogen-bond donors (Lipinski definition) is 3. The summed E-state index contributed by atoms with van der Waals surface area (Å²) < 4.78 is 0. The van der Waals surface area contributed by atoms with Crippen LogP contribution in [0.4, 0.5) is 0 Å². The first-order valence-corrected chi connectivity index (χ1v) is 6.54. The van der Waals surface area contributed by atoms with Crippen molar-refractivity contribution in [2.45, 2.75) is 19.6 Å². The van der Waals surface area contributed by atoms with Crippen molar-refractivity contribution in [2.75, 3.05) is 26.2 Å². The van der Waals surface area contributed by atoms with Crippen LogP contribution in [0.5, 0.6) is 5.75 Å². The molecule has 0 radical (unpaired) electrons. The van der Waals surface area contributed by atoms with E-state index >= 15 is 0 Å². The fourth-order valence-corrected chi connectivity index (χ4v) is 2.52. The molecule has 1 aliphatic rings. The van der Waals surface area contributed by atoms with Crippen molar-refractivity contribution in [1.82, 2.24) is 15.2 Å². The number of piperazine rings is 1. The SMILES string of the molecule is C=C[C@@H](c1c(CO)cnc(C)c1O)N1CCNCC1.Cl.Cl. The molecule has 0 aliphatic carbocycles. The number of aliphatic hydroxyl groups is 1. The average molecular weight is 336 g/mol. The maximum absolute atomic E-state index is 10.3. The first-order chi connectivity index (χ1) is 9.19. The predicted octanol–water partition coefficient (Wildman–Crippen LogP) is 1.56. The highest BCUT2D eigenvalue weighted by Gasteiger charge is 2.25. The molecule has 120 valence electrons. The third-order valence-corrected chi connectivity index (χ3v) is 3.59. The second-order valence-corrected chi connectivity index (χ2v) is 4.76. The first-order valence-electron chi connectivity index (χ1n) is 6.54. The predicted molar refractivity (Wildman–Crippen MR) is 88.4 cm³/mol. The zero-order valence-corrected chi connectivity index (χ0v) is 13.7. The number of aromatic hydroxyl groups is 1. The van der Waals surface area contributed by atoms with Gasteiger partial charge in [0, 0.05) is 43.5 Å². The van der Waals surface area contributed by atoms with E-state index in [4.69, 9.17) is 0 Å². The maximum Gasteiger partial charge on any atom is 0.142 e. The van der Waals surface area contributed by atoms with Gasteiger partial charge in [0.2, 0.25) is 0 Å². The molecule has 2 rings (SSSR count). The largest absolute Gasteiger partial charge is 0.506 e. The number of rotatable bonds is 4. The summed E-state index contributed by atoms with van der Waals surface area (Å²) in [5.41, 5.74) is 1.97. The van der Waals surface area contributed by atoms with Gasteiger partial charge in [-0.15, -0.1) is 31.4 Å². The Morgan fingerprint density at radius 2 is 2.05 bits per heavy atom. The Hall–Kier alpha value is -0.850. The van der Waals surface area contributed by atoms with E-state index in [0.29, 0.717) is 11.3 Å². The zero-order valence-electron chi connectivity index (χ0n) is 12.1. The normalized spacial score (nSPS) is 16.5. The molecule has 1 aromatic heterocycles. The lowest BCUT2D eigenvalue weighted by Crippen LogP contribution is -2.44. The maximum atomic E-state index is 10.3. The standard InChI is InChI=1S/C14H21N3O2.2ClH/c1-3-12(17-6-4-15-5-7-17)13-11(9-18)8-16-10(2)14(13)19;;/h3,8,12,15,18-19H,1,4-7,9H2,2H3;2*1H/t12-;;/m0../s1. The lowest BCUT2D eigenvalue weighted by molar-refractivity contribution is 0.196. The molecular formula is C14H23Cl2N3O2. The molecule has 0 aromatic carbocycles. The quantitative estimate of drug-likeness (QED) is 0.728. The van der Waals surface area contributed by atoms with E-state index in [1.54, 1.807) is 13.1 Å². The van der Waals surface area contributed by atoms with Gasteiger partial charge < -0.3 is 15.5 Å². The molecule has 0 bridgehead atoms. The molecule has 1 atom stereocenters. The van der Waals surface area contributed by atoms with Crippen LogP contribution in [0.15, 0.2) is 18.9 Å². The lowest BCUT2D eigenvalue weighted by Gasteiger charge is -2.34. The molecule has 2 heterocycles. The van der Waals surface area contributed by atoms with Crippen LogP contribution in [-0.2, 0) is 6.61 Å². The number of nitrogens with one attached hydrogen (secondary N) is 1. The second-order valence-electron chi connectivity index (χ2n) is 4.76. The van der Waals surface area contributed by atoms with Gasteiger partial charge in [-0.1, -0.05) is 6.08 Å². The van der Waals surface area contributed by atoms with Gasteiger partial charge in [-0.2, -0.15) is 0 Å². The molecule has 0 saturated carbocycles. The van der Waals surface area contributed by atoms with Gasteiger partial charge in [-0.25, -0.2) is 0 Å². The first kappa shape index (κ1) is 20.1. The van der Waals surface area contributed by atoms with Gasteiger partial charge in [0.25, 0.3) is 0 Å². The van der Waals surface area contributed by atoms with Crippen LogP contribution in [0.25, 0.3) is 0 Å². The average Bonchev–Trinajstić information content (AvgIpc) is 2.45. The van der Waals surface area contributed by atoms with Crippen LogP contribution < -0.4 is 5.32 Å². The van der Waals surface area contributed by atoms with Crippen molar-refractivity contribution in [1.29, 1.82) is 0 Å². The zero-order chi connectivity index (χ0) is 13.8. The number of pyridine rings is 1. The van der Waals surface area contributed by atoms with Gasteiger partial charge in [-0.05, 0) is 6.92 Å². The fraction of sp³-hybridized carbons (Fsp3) is 0.500. The van der Waals surface area contributed by atoms with Crippen molar-refractivity contribution in [2.24, 2.45) is 0 Å². The third-order valence-electron chi connectivity index (χ3n) is 3.59. The molecule has 0 spiro atoms. The van der Waals surface area contributed by atoms with E-state index in [-0.39, 0.29) is 43.2 Å². The Kier molecular flexibility index (Phi) is 8.85. The van der Waals surface area contributed by atoms with E-state index in [9.17, 15) is 10.2 Å². The van der Waals surface area contributed by atoms with Crippen LogP contribution in [0.1, 0.15) is 22.9 Å². The highest BCUT2D eigenvalue weighted by Crippen LogP contribution is 2.34. The summed E-state index contributed by atoms with van der Waals surface area (Å²) in [5.74, 6) is 0.162. The Labute approximate surface area is 137 Å². The van der Waals surface area contributed by atoms with Crippen LogP contribution in [-0.4, -0.2) is 46.3 Å². The molecule has 3 N–H and O–H groups in total. The molecule has 7 heteroatoms. The number of halogens is 2. The molecular weight excluding hydrogens is 313 g/mol. The van der Waals surface area contributed by atoms with E-state index in [2.05, 4.69) is 21.8 Å². The summed E-state index contributed by atoms with van der Waals surface area (Å²) in [6, 6.07) is -0.0917. The minimum atomic E-state index is -0.132. The molecule has 21 heavy (non-hydrogen) atoms.